The predicted molar refractivity (Wildman–Crippen MR) is 344 cm³/mol. The highest BCUT2D eigenvalue weighted by Crippen LogP contribution is 2.19. The van der Waals surface area contributed by atoms with Gasteiger partial charge in [0, 0.05) is 19.3 Å². The maximum atomic E-state index is 12.9. The summed E-state index contributed by atoms with van der Waals surface area (Å²) in [5, 5.41) is 0. The summed E-state index contributed by atoms with van der Waals surface area (Å²) in [6, 6.07) is 0. The minimum Gasteiger partial charge on any atom is -0.462 e. The Bertz CT molecular complexity index is 1360. The third-order valence-electron chi connectivity index (χ3n) is 15.9. The molecule has 1 unspecified atom stereocenters. The van der Waals surface area contributed by atoms with E-state index in [1.54, 1.807) is 0 Å². The molecule has 0 fully saturated rings. The van der Waals surface area contributed by atoms with Crippen LogP contribution >= 0.6 is 0 Å². The molecule has 0 aliphatic rings. The number of carbonyl (C=O) groups is 3. The Balaban J connectivity index is 4.25. The Morgan fingerprint density at radius 1 is 0.266 bits per heavy atom. The van der Waals surface area contributed by atoms with Crippen LogP contribution in [-0.2, 0) is 28.6 Å². The molecule has 0 amide bonds. The lowest BCUT2D eigenvalue weighted by Crippen LogP contribution is -2.30. The van der Waals surface area contributed by atoms with E-state index in [1.807, 2.05) is 6.08 Å². The zero-order valence-electron chi connectivity index (χ0n) is 53.2. The molecule has 0 radical (unpaired) electrons. The monoisotopic (exact) mass is 1110 g/mol. The van der Waals surface area contributed by atoms with Crippen LogP contribution in [0.15, 0.2) is 48.6 Å². The molecular weight excluding hydrogens is 973 g/mol. The summed E-state index contributed by atoms with van der Waals surface area (Å²) in [4.78, 5) is 38.3. The summed E-state index contributed by atoms with van der Waals surface area (Å²) in [5.41, 5.74) is 0. The first kappa shape index (κ1) is 76.4. The molecule has 0 aromatic heterocycles. The van der Waals surface area contributed by atoms with E-state index in [1.165, 1.54) is 270 Å². The zero-order valence-corrected chi connectivity index (χ0v) is 53.2. The van der Waals surface area contributed by atoms with Crippen molar-refractivity contribution in [3.8, 4) is 0 Å². The molecule has 0 aromatic carbocycles. The van der Waals surface area contributed by atoms with Gasteiger partial charge in [0.25, 0.3) is 0 Å². The van der Waals surface area contributed by atoms with E-state index in [0.29, 0.717) is 19.3 Å². The molecule has 0 saturated heterocycles. The first-order chi connectivity index (χ1) is 39.0. The largest absolute Gasteiger partial charge is 0.462 e. The van der Waals surface area contributed by atoms with Gasteiger partial charge in [-0.05, 0) is 44.9 Å². The lowest BCUT2D eigenvalue weighted by atomic mass is 10.0. The molecule has 462 valence electrons. The maximum absolute atomic E-state index is 12.9. The smallest absolute Gasteiger partial charge is 0.306 e. The van der Waals surface area contributed by atoms with Gasteiger partial charge in [-0.25, -0.2) is 0 Å². The quantitative estimate of drug-likeness (QED) is 0.0261. The molecule has 0 rings (SSSR count). The molecule has 0 heterocycles. The molecule has 0 aliphatic heterocycles. The first-order valence-electron chi connectivity index (χ1n) is 35.1. The van der Waals surface area contributed by atoms with Gasteiger partial charge in [-0.2, -0.15) is 0 Å². The van der Waals surface area contributed by atoms with Crippen LogP contribution in [0.4, 0.5) is 0 Å². The number of esters is 3. The summed E-state index contributed by atoms with van der Waals surface area (Å²) >= 11 is 0. The zero-order chi connectivity index (χ0) is 57.1. The highest BCUT2D eigenvalue weighted by Gasteiger charge is 2.19. The van der Waals surface area contributed by atoms with Crippen LogP contribution in [0.1, 0.15) is 380 Å². The molecule has 0 N–H and O–H groups in total. The van der Waals surface area contributed by atoms with Crippen molar-refractivity contribution in [3.63, 3.8) is 0 Å². The van der Waals surface area contributed by atoms with Crippen LogP contribution in [0, 0.1) is 0 Å². The lowest BCUT2D eigenvalue weighted by molar-refractivity contribution is -0.166. The van der Waals surface area contributed by atoms with Crippen LogP contribution in [0.5, 0.6) is 0 Å². The van der Waals surface area contributed by atoms with Crippen LogP contribution in [0.2, 0.25) is 0 Å². The van der Waals surface area contributed by atoms with Crippen molar-refractivity contribution in [1.29, 1.82) is 0 Å². The second kappa shape index (κ2) is 67.9. The minimum atomic E-state index is -0.800. The fraction of sp³-hybridized carbons (Fsp3) is 0.849. The van der Waals surface area contributed by atoms with E-state index in [0.717, 1.165) is 64.2 Å². The fourth-order valence-electron chi connectivity index (χ4n) is 10.6. The van der Waals surface area contributed by atoms with Crippen molar-refractivity contribution in [1.82, 2.24) is 0 Å². The summed E-state index contributed by atoms with van der Waals surface area (Å²) in [6.07, 6.45) is 86.0. The van der Waals surface area contributed by atoms with E-state index in [9.17, 15) is 14.4 Å². The number of hydrogen-bond donors (Lipinski definition) is 0. The van der Waals surface area contributed by atoms with Gasteiger partial charge in [0.15, 0.2) is 6.10 Å². The fourth-order valence-corrected chi connectivity index (χ4v) is 10.6. The van der Waals surface area contributed by atoms with Crippen LogP contribution in [-0.4, -0.2) is 37.2 Å². The Morgan fingerprint density at radius 2 is 0.494 bits per heavy atom. The van der Waals surface area contributed by atoms with E-state index in [2.05, 4.69) is 63.3 Å². The number of rotatable bonds is 65. The average Bonchev–Trinajstić information content (AvgIpc) is 3.45. The van der Waals surface area contributed by atoms with Gasteiger partial charge >= 0.3 is 17.9 Å². The molecule has 0 bridgehead atoms. The number of unbranched alkanes of at least 4 members (excludes halogenated alkanes) is 46. The molecular formula is C73H134O6. The molecule has 6 nitrogen and oxygen atoms in total. The first-order valence-corrected chi connectivity index (χ1v) is 35.1. The Morgan fingerprint density at radius 3 is 0.772 bits per heavy atom. The van der Waals surface area contributed by atoms with Gasteiger partial charge in [0.2, 0.25) is 0 Å². The third-order valence-corrected chi connectivity index (χ3v) is 15.9. The van der Waals surface area contributed by atoms with Gasteiger partial charge in [-0.15, -0.1) is 0 Å². The maximum Gasteiger partial charge on any atom is 0.306 e. The SMILES string of the molecule is CC/C=C\C/C=C\C/C=C\C/C=C\CCC(=O)OCC(COC(=O)CCCCCCCCCCCCCCCCCCCCCCCCCC)OC(=O)CCCCCCCCCCCCCCCCCCCCCCCCCC. The van der Waals surface area contributed by atoms with Crippen molar-refractivity contribution in [2.75, 3.05) is 13.2 Å². The van der Waals surface area contributed by atoms with Crippen molar-refractivity contribution in [2.24, 2.45) is 0 Å². The summed E-state index contributed by atoms with van der Waals surface area (Å²) in [5.74, 6) is -0.948. The second-order valence-electron chi connectivity index (χ2n) is 23.8. The standard InChI is InChI=1S/C73H134O6/c1-4-7-10-13-16-19-22-25-27-29-31-33-35-37-39-41-43-45-48-51-54-57-60-63-66-72(75)78-69-70(68-77-71(74)65-62-59-56-53-50-47-24-21-18-15-12-9-6-3)79-73(76)67-64-61-58-55-52-49-46-44-42-40-38-36-34-32-30-28-26-23-20-17-14-11-8-5-2/h9,12,18,21,47,50,56,59,70H,4-8,10-11,13-17,19-20,22-46,48-49,51-55,57-58,60-69H2,1-3H3/b12-9-,21-18-,50-47-,59-56-. The van der Waals surface area contributed by atoms with Crippen LogP contribution in [0.3, 0.4) is 0 Å². The molecule has 79 heavy (non-hydrogen) atoms. The molecule has 0 aromatic rings. The minimum absolute atomic E-state index is 0.0897. The Hall–Kier alpha value is -2.63. The molecule has 0 saturated carbocycles. The summed E-state index contributed by atoms with van der Waals surface area (Å²) in [6.45, 7) is 6.54. The number of hydrogen-bond acceptors (Lipinski definition) is 6. The number of carbonyl (C=O) groups excluding carboxylic acids is 3. The summed E-state index contributed by atoms with van der Waals surface area (Å²) in [7, 11) is 0. The average molecular weight is 1110 g/mol. The molecule has 6 heteroatoms. The second-order valence-corrected chi connectivity index (χ2v) is 23.8. The number of ether oxygens (including phenoxy) is 3. The van der Waals surface area contributed by atoms with E-state index < -0.39 is 6.10 Å². The van der Waals surface area contributed by atoms with Gasteiger partial charge in [-0.3, -0.25) is 14.4 Å². The topological polar surface area (TPSA) is 78.9 Å². The Kier molecular flexibility index (Phi) is 65.6. The highest BCUT2D eigenvalue weighted by molar-refractivity contribution is 5.71. The molecule has 1 atom stereocenters. The predicted octanol–water partition coefficient (Wildman–Crippen LogP) is 24.1. The third kappa shape index (κ3) is 66.1. The normalized spacial score (nSPS) is 12.3. The molecule has 0 spiro atoms. The van der Waals surface area contributed by atoms with Crippen molar-refractivity contribution < 1.29 is 28.6 Å². The summed E-state index contributed by atoms with van der Waals surface area (Å²) < 4.78 is 16.9. The van der Waals surface area contributed by atoms with E-state index in [4.69, 9.17) is 14.2 Å². The van der Waals surface area contributed by atoms with Crippen LogP contribution in [0.25, 0.3) is 0 Å². The van der Waals surface area contributed by atoms with E-state index >= 15 is 0 Å². The lowest BCUT2D eigenvalue weighted by Gasteiger charge is -2.18. The molecule has 0 aliphatic carbocycles. The van der Waals surface area contributed by atoms with Gasteiger partial charge in [-0.1, -0.05) is 365 Å². The van der Waals surface area contributed by atoms with Crippen molar-refractivity contribution in [2.45, 2.75) is 386 Å². The Labute approximate surface area is 492 Å². The number of allylic oxidation sites excluding steroid dienone is 8. The van der Waals surface area contributed by atoms with E-state index in [-0.39, 0.29) is 37.5 Å². The van der Waals surface area contributed by atoms with Crippen LogP contribution < -0.4 is 0 Å². The van der Waals surface area contributed by atoms with Crippen molar-refractivity contribution in [3.05, 3.63) is 48.6 Å². The van der Waals surface area contributed by atoms with Gasteiger partial charge in [0.05, 0.1) is 0 Å². The van der Waals surface area contributed by atoms with Gasteiger partial charge in [0.1, 0.15) is 13.2 Å². The van der Waals surface area contributed by atoms with Gasteiger partial charge < -0.3 is 14.2 Å². The highest BCUT2D eigenvalue weighted by atomic mass is 16.6. The van der Waals surface area contributed by atoms with Crippen molar-refractivity contribution >= 4 is 17.9 Å².